The molecule has 4 heteroatoms. The number of nitrogens with zero attached hydrogens (tertiary/aromatic N) is 1. The summed E-state index contributed by atoms with van der Waals surface area (Å²) in [6, 6.07) is 6.78. The molecule has 0 saturated carbocycles. The Bertz CT molecular complexity index is 383. The minimum atomic E-state index is -0.284. The van der Waals surface area contributed by atoms with Crippen LogP contribution in [-0.2, 0) is 4.74 Å². The molecule has 1 aromatic carbocycles. The molecule has 0 aliphatic carbocycles. The number of hydrogen-bond donors (Lipinski definition) is 1. The summed E-state index contributed by atoms with van der Waals surface area (Å²) in [5.74, 6) is -0.284. The van der Waals surface area contributed by atoms with Crippen LogP contribution in [0.3, 0.4) is 0 Å². The van der Waals surface area contributed by atoms with Gasteiger partial charge in [-0.25, -0.2) is 4.79 Å². The number of quaternary nitrogens is 1. The van der Waals surface area contributed by atoms with Crippen molar-refractivity contribution >= 4 is 11.7 Å². The Labute approximate surface area is 109 Å². The molecule has 1 aromatic rings. The molecule has 0 unspecified atom stereocenters. The SMILES string of the molecule is CC[N+](C)(CC)CCOC(=O)c1ccc(N)cc1. The lowest BCUT2D eigenvalue weighted by atomic mass is 10.2. The fourth-order valence-electron chi connectivity index (χ4n) is 1.60. The summed E-state index contributed by atoms with van der Waals surface area (Å²) >= 11 is 0. The molecule has 0 bridgehead atoms. The highest BCUT2D eigenvalue weighted by molar-refractivity contribution is 5.89. The standard InChI is InChI=1S/C14H22N2O2/c1-4-16(3,5-2)10-11-18-14(17)12-6-8-13(15)9-7-12/h6-9H,4-5,10-11H2,1-3H3,(H-,15,17)/p+1. The Kier molecular flexibility index (Phi) is 5.16. The van der Waals surface area contributed by atoms with E-state index in [1.54, 1.807) is 24.3 Å². The average molecular weight is 251 g/mol. The van der Waals surface area contributed by atoms with E-state index < -0.39 is 0 Å². The summed E-state index contributed by atoms with van der Waals surface area (Å²) in [6.45, 7) is 7.65. The van der Waals surface area contributed by atoms with Crippen molar-refractivity contribution in [1.82, 2.24) is 0 Å². The van der Waals surface area contributed by atoms with E-state index in [0.717, 1.165) is 24.1 Å². The highest BCUT2D eigenvalue weighted by Gasteiger charge is 2.17. The maximum atomic E-state index is 11.7. The number of likely N-dealkylation sites (N-methyl/N-ethyl adjacent to an activating group) is 1. The molecule has 0 aromatic heterocycles. The Morgan fingerprint density at radius 1 is 1.22 bits per heavy atom. The van der Waals surface area contributed by atoms with Crippen LogP contribution in [0.15, 0.2) is 24.3 Å². The molecule has 18 heavy (non-hydrogen) atoms. The van der Waals surface area contributed by atoms with E-state index in [4.69, 9.17) is 10.5 Å². The van der Waals surface area contributed by atoms with Gasteiger partial charge >= 0.3 is 5.97 Å². The minimum Gasteiger partial charge on any atom is -0.456 e. The smallest absolute Gasteiger partial charge is 0.338 e. The maximum absolute atomic E-state index is 11.7. The molecule has 0 aliphatic heterocycles. The Morgan fingerprint density at radius 3 is 2.28 bits per heavy atom. The first-order chi connectivity index (χ1) is 8.50. The second kappa shape index (κ2) is 6.40. The van der Waals surface area contributed by atoms with Crippen LogP contribution in [0.1, 0.15) is 24.2 Å². The van der Waals surface area contributed by atoms with E-state index in [1.807, 2.05) is 0 Å². The first kappa shape index (κ1) is 14.5. The topological polar surface area (TPSA) is 52.3 Å². The fourth-order valence-corrected chi connectivity index (χ4v) is 1.60. The number of ether oxygens (including phenoxy) is 1. The van der Waals surface area contributed by atoms with E-state index in [9.17, 15) is 4.79 Å². The third-order valence-corrected chi connectivity index (χ3v) is 3.54. The van der Waals surface area contributed by atoms with Crippen molar-refractivity contribution in [3.8, 4) is 0 Å². The number of carbonyl (C=O) groups excluding carboxylic acids is 1. The summed E-state index contributed by atoms with van der Waals surface area (Å²) in [5.41, 5.74) is 6.76. The molecule has 0 saturated heterocycles. The van der Waals surface area contributed by atoms with E-state index in [-0.39, 0.29) is 5.97 Å². The van der Waals surface area contributed by atoms with E-state index in [0.29, 0.717) is 17.9 Å². The molecule has 100 valence electrons. The Hall–Kier alpha value is -1.55. The summed E-state index contributed by atoms with van der Waals surface area (Å²) in [7, 11) is 2.16. The summed E-state index contributed by atoms with van der Waals surface area (Å²) in [4.78, 5) is 11.7. The van der Waals surface area contributed by atoms with Gasteiger partial charge in [0.25, 0.3) is 0 Å². The third kappa shape index (κ3) is 4.04. The van der Waals surface area contributed by atoms with Crippen LogP contribution in [-0.4, -0.2) is 43.7 Å². The minimum absolute atomic E-state index is 0.284. The van der Waals surface area contributed by atoms with Crippen LogP contribution in [0.5, 0.6) is 0 Å². The van der Waals surface area contributed by atoms with Crippen molar-refractivity contribution in [2.75, 3.05) is 39.0 Å². The summed E-state index contributed by atoms with van der Waals surface area (Å²) in [5, 5.41) is 0. The van der Waals surface area contributed by atoms with Gasteiger partial charge in [0.15, 0.2) is 0 Å². The van der Waals surface area contributed by atoms with Gasteiger partial charge in [0.2, 0.25) is 0 Å². The zero-order valence-corrected chi connectivity index (χ0v) is 11.5. The van der Waals surface area contributed by atoms with E-state index >= 15 is 0 Å². The zero-order chi connectivity index (χ0) is 13.6. The van der Waals surface area contributed by atoms with Crippen molar-refractivity contribution in [2.24, 2.45) is 0 Å². The van der Waals surface area contributed by atoms with Gasteiger partial charge in [-0.2, -0.15) is 0 Å². The highest BCUT2D eigenvalue weighted by Crippen LogP contribution is 2.07. The predicted octanol–water partition coefficient (Wildman–Crippen LogP) is 1.91. The largest absolute Gasteiger partial charge is 0.456 e. The molecule has 1 rings (SSSR count). The van der Waals surface area contributed by atoms with Gasteiger partial charge in [-0.3, -0.25) is 0 Å². The van der Waals surface area contributed by atoms with Crippen molar-refractivity contribution < 1.29 is 14.0 Å². The Balaban J connectivity index is 2.44. The average Bonchev–Trinajstić information content (AvgIpc) is 2.39. The zero-order valence-electron chi connectivity index (χ0n) is 11.5. The number of esters is 1. The van der Waals surface area contributed by atoms with Crippen molar-refractivity contribution in [1.29, 1.82) is 0 Å². The van der Waals surface area contributed by atoms with Crippen molar-refractivity contribution in [3.63, 3.8) is 0 Å². The quantitative estimate of drug-likeness (QED) is 0.477. The number of rotatable bonds is 6. The molecule has 0 spiro atoms. The molecule has 0 fully saturated rings. The van der Waals surface area contributed by atoms with Gasteiger partial charge < -0.3 is 15.0 Å². The van der Waals surface area contributed by atoms with Gasteiger partial charge in [0.1, 0.15) is 13.2 Å². The van der Waals surface area contributed by atoms with Crippen LogP contribution in [0, 0.1) is 0 Å². The molecule has 0 radical (unpaired) electrons. The first-order valence-corrected chi connectivity index (χ1v) is 6.37. The number of anilines is 1. The molecule has 0 atom stereocenters. The highest BCUT2D eigenvalue weighted by atomic mass is 16.5. The molecule has 0 aliphatic rings. The lowest BCUT2D eigenvalue weighted by molar-refractivity contribution is -0.906. The Morgan fingerprint density at radius 2 is 1.78 bits per heavy atom. The van der Waals surface area contributed by atoms with Crippen LogP contribution in [0.2, 0.25) is 0 Å². The normalized spacial score (nSPS) is 11.3. The monoisotopic (exact) mass is 251 g/mol. The lowest BCUT2D eigenvalue weighted by Crippen LogP contribution is -2.46. The summed E-state index contributed by atoms with van der Waals surface area (Å²) < 4.78 is 6.18. The van der Waals surface area contributed by atoms with Crippen LogP contribution < -0.4 is 5.73 Å². The van der Waals surface area contributed by atoms with Gasteiger partial charge in [-0.05, 0) is 38.1 Å². The predicted molar refractivity (Wildman–Crippen MR) is 73.3 cm³/mol. The molecule has 0 amide bonds. The third-order valence-electron chi connectivity index (χ3n) is 3.54. The second-order valence-electron chi connectivity index (χ2n) is 4.73. The fraction of sp³-hybridized carbons (Fsp3) is 0.500. The molecule has 2 N–H and O–H groups in total. The molecular formula is C14H23N2O2+. The van der Waals surface area contributed by atoms with Gasteiger partial charge in [-0.15, -0.1) is 0 Å². The number of hydrogen-bond acceptors (Lipinski definition) is 3. The van der Waals surface area contributed by atoms with Crippen molar-refractivity contribution in [2.45, 2.75) is 13.8 Å². The van der Waals surface area contributed by atoms with Crippen LogP contribution in [0.4, 0.5) is 5.69 Å². The van der Waals surface area contributed by atoms with Gasteiger partial charge in [-0.1, -0.05) is 0 Å². The maximum Gasteiger partial charge on any atom is 0.338 e. The number of benzene rings is 1. The lowest BCUT2D eigenvalue weighted by Gasteiger charge is -2.31. The van der Waals surface area contributed by atoms with Crippen LogP contribution in [0.25, 0.3) is 0 Å². The number of nitrogens with two attached hydrogens (primary N) is 1. The number of nitrogen functional groups attached to an aromatic ring is 1. The molecule has 4 nitrogen and oxygen atoms in total. The van der Waals surface area contributed by atoms with Gasteiger partial charge in [0, 0.05) is 5.69 Å². The number of carbonyl (C=O) groups is 1. The van der Waals surface area contributed by atoms with Crippen LogP contribution >= 0.6 is 0 Å². The molecular weight excluding hydrogens is 228 g/mol. The molecule has 0 heterocycles. The van der Waals surface area contributed by atoms with E-state index in [2.05, 4.69) is 20.9 Å². The second-order valence-corrected chi connectivity index (χ2v) is 4.73. The van der Waals surface area contributed by atoms with E-state index in [1.165, 1.54) is 0 Å². The summed E-state index contributed by atoms with van der Waals surface area (Å²) in [6.07, 6.45) is 0. The first-order valence-electron chi connectivity index (χ1n) is 6.37. The van der Waals surface area contributed by atoms with Gasteiger partial charge in [0.05, 0.1) is 25.7 Å². The van der Waals surface area contributed by atoms with Crippen molar-refractivity contribution in [3.05, 3.63) is 29.8 Å².